The van der Waals surface area contributed by atoms with Gasteiger partial charge in [-0.3, -0.25) is 4.79 Å². The molecule has 1 saturated heterocycles. The van der Waals surface area contributed by atoms with Crippen molar-refractivity contribution in [2.24, 2.45) is 5.73 Å². The second-order valence-corrected chi connectivity index (χ2v) is 6.33. The Morgan fingerprint density at radius 2 is 2.21 bits per heavy atom. The number of hydrogen-bond donors (Lipinski definition) is 1. The van der Waals surface area contributed by atoms with E-state index in [1.807, 2.05) is 11.0 Å². The van der Waals surface area contributed by atoms with Crippen LogP contribution in [-0.4, -0.2) is 29.9 Å². The van der Waals surface area contributed by atoms with E-state index in [4.69, 9.17) is 5.73 Å². The number of rotatable bonds is 3. The molecule has 0 saturated carbocycles. The van der Waals surface area contributed by atoms with Crippen molar-refractivity contribution in [2.75, 3.05) is 13.1 Å². The van der Waals surface area contributed by atoms with Gasteiger partial charge < -0.3 is 10.6 Å². The van der Waals surface area contributed by atoms with E-state index in [2.05, 4.69) is 13.8 Å². The van der Waals surface area contributed by atoms with Gasteiger partial charge in [-0.25, -0.2) is 0 Å². The number of aryl methyl sites for hydroxylation is 2. The molecule has 1 fully saturated rings. The minimum absolute atomic E-state index is 0. The monoisotopic (exact) mass is 302 g/mol. The minimum Gasteiger partial charge on any atom is -0.335 e. The number of carbonyl (C=O) groups is 1. The zero-order valence-corrected chi connectivity index (χ0v) is 13.3. The van der Waals surface area contributed by atoms with Crippen LogP contribution in [0, 0.1) is 13.8 Å². The lowest BCUT2D eigenvalue weighted by atomic mass is 9.99. The molecule has 1 amide bonds. The van der Waals surface area contributed by atoms with Crippen molar-refractivity contribution in [1.29, 1.82) is 0 Å². The fourth-order valence-corrected chi connectivity index (χ4v) is 3.57. The Morgan fingerprint density at radius 1 is 1.47 bits per heavy atom. The molecule has 1 unspecified atom stereocenters. The molecule has 1 aliphatic heterocycles. The van der Waals surface area contributed by atoms with Gasteiger partial charge >= 0.3 is 0 Å². The standard InChI is InChI=1S/C14H22N2OS.ClH/c1-10-9-13(18-11(10)2)14(17)16-8-4-3-5-12(16)6-7-15;/h9,12H,3-8,15H2,1-2H3;1H. The SMILES string of the molecule is Cc1cc(C(=O)N2CCCCC2CCN)sc1C.Cl. The van der Waals surface area contributed by atoms with Crippen LogP contribution >= 0.6 is 23.7 Å². The smallest absolute Gasteiger partial charge is 0.264 e. The van der Waals surface area contributed by atoms with Crippen molar-refractivity contribution in [3.05, 3.63) is 21.4 Å². The van der Waals surface area contributed by atoms with Crippen LogP contribution < -0.4 is 5.73 Å². The van der Waals surface area contributed by atoms with Crippen LogP contribution in [0.15, 0.2) is 6.07 Å². The van der Waals surface area contributed by atoms with Crippen LogP contribution in [0.2, 0.25) is 0 Å². The Labute approximate surface area is 125 Å². The topological polar surface area (TPSA) is 46.3 Å². The molecule has 108 valence electrons. The number of amides is 1. The van der Waals surface area contributed by atoms with E-state index >= 15 is 0 Å². The van der Waals surface area contributed by atoms with Crippen LogP contribution in [0.3, 0.4) is 0 Å². The van der Waals surface area contributed by atoms with Crippen LogP contribution in [0.4, 0.5) is 0 Å². The maximum atomic E-state index is 12.5. The summed E-state index contributed by atoms with van der Waals surface area (Å²) in [6.07, 6.45) is 4.37. The summed E-state index contributed by atoms with van der Waals surface area (Å²) in [7, 11) is 0. The third-order valence-electron chi connectivity index (χ3n) is 3.76. The molecule has 19 heavy (non-hydrogen) atoms. The van der Waals surface area contributed by atoms with Gasteiger partial charge in [-0.1, -0.05) is 0 Å². The van der Waals surface area contributed by atoms with Gasteiger partial charge in [0.15, 0.2) is 0 Å². The summed E-state index contributed by atoms with van der Waals surface area (Å²) < 4.78 is 0. The van der Waals surface area contributed by atoms with Gasteiger partial charge in [0.2, 0.25) is 0 Å². The Hall–Kier alpha value is -0.580. The lowest BCUT2D eigenvalue weighted by molar-refractivity contribution is 0.0610. The number of likely N-dealkylation sites (tertiary alicyclic amines) is 1. The quantitative estimate of drug-likeness (QED) is 0.932. The fraction of sp³-hybridized carbons (Fsp3) is 0.643. The molecule has 0 radical (unpaired) electrons. The average Bonchev–Trinajstić information content (AvgIpc) is 2.70. The molecular weight excluding hydrogens is 280 g/mol. The summed E-state index contributed by atoms with van der Waals surface area (Å²) in [6.45, 7) is 5.69. The summed E-state index contributed by atoms with van der Waals surface area (Å²) in [5.41, 5.74) is 6.87. The largest absolute Gasteiger partial charge is 0.335 e. The normalized spacial score (nSPS) is 19.1. The molecule has 0 aromatic carbocycles. The first-order chi connectivity index (χ1) is 8.63. The van der Waals surface area contributed by atoms with Crippen LogP contribution in [0.5, 0.6) is 0 Å². The Bertz CT molecular complexity index is 412. The predicted molar refractivity (Wildman–Crippen MR) is 83.4 cm³/mol. The highest BCUT2D eigenvalue weighted by Gasteiger charge is 2.27. The van der Waals surface area contributed by atoms with Crippen molar-refractivity contribution in [3.63, 3.8) is 0 Å². The third-order valence-corrected chi connectivity index (χ3v) is 4.91. The maximum absolute atomic E-state index is 12.5. The van der Waals surface area contributed by atoms with Crippen molar-refractivity contribution in [2.45, 2.75) is 45.6 Å². The van der Waals surface area contributed by atoms with Crippen molar-refractivity contribution in [1.82, 2.24) is 4.90 Å². The maximum Gasteiger partial charge on any atom is 0.264 e. The van der Waals surface area contributed by atoms with Gasteiger partial charge in [-0.15, -0.1) is 23.7 Å². The van der Waals surface area contributed by atoms with E-state index in [0.717, 1.165) is 30.7 Å². The Kier molecular flexibility index (Phi) is 6.30. The lowest BCUT2D eigenvalue weighted by Crippen LogP contribution is -2.44. The van der Waals surface area contributed by atoms with Gasteiger partial charge in [-0.2, -0.15) is 0 Å². The van der Waals surface area contributed by atoms with Crippen molar-refractivity contribution < 1.29 is 4.79 Å². The van der Waals surface area contributed by atoms with Crippen molar-refractivity contribution >= 4 is 29.7 Å². The average molecular weight is 303 g/mol. The first-order valence-electron chi connectivity index (χ1n) is 6.71. The predicted octanol–water partition coefficient (Wildman–Crippen LogP) is 3.13. The van der Waals surface area contributed by atoms with Gasteiger partial charge in [0.25, 0.3) is 5.91 Å². The van der Waals surface area contributed by atoms with Gasteiger partial charge in [0.1, 0.15) is 0 Å². The van der Waals surface area contributed by atoms with E-state index in [1.54, 1.807) is 11.3 Å². The number of halogens is 1. The fourth-order valence-electron chi connectivity index (χ4n) is 2.58. The number of nitrogens with zero attached hydrogens (tertiary/aromatic N) is 1. The van der Waals surface area contributed by atoms with Gasteiger partial charge in [-0.05, 0) is 57.7 Å². The number of hydrogen-bond acceptors (Lipinski definition) is 3. The Balaban J connectivity index is 0.00000180. The zero-order chi connectivity index (χ0) is 13.1. The highest BCUT2D eigenvalue weighted by molar-refractivity contribution is 7.14. The molecule has 5 heteroatoms. The molecule has 0 spiro atoms. The van der Waals surface area contributed by atoms with E-state index in [9.17, 15) is 4.79 Å². The van der Waals surface area contributed by atoms with E-state index in [1.165, 1.54) is 16.9 Å². The summed E-state index contributed by atoms with van der Waals surface area (Å²) in [5.74, 6) is 0.203. The van der Waals surface area contributed by atoms with E-state index < -0.39 is 0 Å². The van der Waals surface area contributed by atoms with E-state index in [0.29, 0.717) is 12.6 Å². The van der Waals surface area contributed by atoms with Crippen molar-refractivity contribution in [3.8, 4) is 0 Å². The first-order valence-corrected chi connectivity index (χ1v) is 7.53. The Morgan fingerprint density at radius 3 is 2.79 bits per heavy atom. The minimum atomic E-state index is 0. The number of thiophene rings is 1. The molecule has 0 bridgehead atoms. The van der Waals surface area contributed by atoms with E-state index in [-0.39, 0.29) is 18.3 Å². The van der Waals surface area contributed by atoms with Crippen LogP contribution in [0.25, 0.3) is 0 Å². The molecule has 3 nitrogen and oxygen atoms in total. The molecule has 2 heterocycles. The third kappa shape index (κ3) is 3.71. The number of carbonyl (C=O) groups excluding carboxylic acids is 1. The molecular formula is C14H23ClN2OS. The summed E-state index contributed by atoms with van der Waals surface area (Å²) in [6, 6.07) is 2.37. The van der Waals surface area contributed by atoms with Crippen LogP contribution in [-0.2, 0) is 0 Å². The highest BCUT2D eigenvalue weighted by atomic mass is 35.5. The van der Waals surface area contributed by atoms with Crippen LogP contribution in [0.1, 0.15) is 45.8 Å². The molecule has 2 N–H and O–H groups in total. The highest BCUT2D eigenvalue weighted by Crippen LogP contribution is 2.26. The molecule has 1 aromatic heterocycles. The molecule has 1 aliphatic rings. The first kappa shape index (κ1) is 16.5. The zero-order valence-electron chi connectivity index (χ0n) is 11.6. The molecule has 1 atom stereocenters. The lowest BCUT2D eigenvalue weighted by Gasteiger charge is -2.35. The summed E-state index contributed by atoms with van der Waals surface area (Å²) >= 11 is 1.61. The molecule has 2 rings (SSSR count). The summed E-state index contributed by atoms with van der Waals surface area (Å²) in [5, 5.41) is 0. The van der Waals surface area contributed by atoms with Gasteiger partial charge in [0, 0.05) is 17.5 Å². The second kappa shape index (κ2) is 7.27. The number of nitrogens with two attached hydrogens (primary N) is 1. The number of piperidine rings is 1. The molecule has 0 aliphatic carbocycles. The summed E-state index contributed by atoms with van der Waals surface area (Å²) in [4.78, 5) is 16.7. The van der Waals surface area contributed by atoms with Gasteiger partial charge in [0.05, 0.1) is 4.88 Å². The second-order valence-electron chi connectivity index (χ2n) is 5.08. The molecule has 1 aromatic rings.